The fourth-order valence-electron chi connectivity index (χ4n) is 4.03. The molecule has 2 N–H and O–H groups in total. The average molecular weight is 391 g/mol. The number of esters is 1. The Hall–Kier alpha value is -1.88. The van der Waals surface area contributed by atoms with Crippen molar-refractivity contribution in [3.05, 3.63) is 35.9 Å². The normalized spacial score (nSPS) is 25.0. The van der Waals surface area contributed by atoms with Crippen LogP contribution in [0.4, 0.5) is 0 Å². The molecule has 0 radical (unpaired) electrons. The van der Waals surface area contributed by atoms with E-state index in [0.717, 1.165) is 63.4 Å². The van der Waals surface area contributed by atoms with Crippen molar-refractivity contribution in [1.82, 2.24) is 0 Å². The fraction of sp³-hybridized carbons (Fsp3) is 0.652. The van der Waals surface area contributed by atoms with E-state index in [9.17, 15) is 14.7 Å². The van der Waals surface area contributed by atoms with Crippen LogP contribution in [0.15, 0.2) is 30.3 Å². The van der Waals surface area contributed by atoms with Gasteiger partial charge in [0.25, 0.3) is 0 Å². The Morgan fingerprint density at radius 3 is 2.11 bits per heavy atom. The summed E-state index contributed by atoms with van der Waals surface area (Å²) in [6.45, 7) is 0.318. The van der Waals surface area contributed by atoms with E-state index in [1.54, 1.807) is 0 Å². The summed E-state index contributed by atoms with van der Waals surface area (Å²) in [5.74, 6) is -1.11. The number of hydrogen-bond donors (Lipinski definition) is 2. The first-order valence-electron chi connectivity index (χ1n) is 10.6. The second-order valence-corrected chi connectivity index (χ2v) is 8.14. The van der Waals surface area contributed by atoms with Crippen LogP contribution in [0.25, 0.3) is 0 Å². The van der Waals surface area contributed by atoms with E-state index in [0.29, 0.717) is 19.4 Å². The van der Waals surface area contributed by atoms with Gasteiger partial charge < -0.3 is 14.9 Å². The molecule has 156 valence electrons. The first-order valence-corrected chi connectivity index (χ1v) is 10.6. The van der Waals surface area contributed by atoms with Crippen LogP contribution in [0.1, 0.15) is 82.6 Å². The molecule has 1 aromatic carbocycles. The first-order chi connectivity index (χ1) is 13.5. The lowest BCUT2D eigenvalue weighted by atomic mass is 9.87. The number of carboxylic acid groups (broad SMARTS) is 1. The van der Waals surface area contributed by atoms with Crippen LogP contribution in [-0.4, -0.2) is 27.8 Å². The SMILES string of the molecule is O=C(O)CC1(O)CCCCCCC(C(=O)OCc2ccccc2)CCCCC1. The van der Waals surface area contributed by atoms with Gasteiger partial charge in [-0.1, -0.05) is 75.3 Å². The van der Waals surface area contributed by atoms with Gasteiger partial charge in [-0.2, -0.15) is 0 Å². The fourth-order valence-corrected chi connectivity index (χ4v) is 4.03. The molecular formula is C23H34O5. The number of ether oxygens (including phenoxy) is 1. The van der Waals surface area contributed by atoms with Crippen LogP contribution in [-0.2, 0) is 20.9 Å². The molecule has 2 unspecified atom stereocenters. The van der Waals surface area contributed by atoms with Gasteiger partial charge in [-0.25, -0.2) is 0 Å². The average Bonchev–Trinajstić information content (AvgIpc) is 2.68. The maximum absolute atomic E-state index is 12.6. The first kappa shape index (κ1) is 22.4. The van der Waals surface area contributed by atoms with Gasteiger partial charge >= 0.3 is 11.9 Å². The van der Waals surface area contributed by atoms with Crippen molar-refractivity contribution in [2.24, 2.45) is 5.92 Å². The third-order valence-corrected chi connectivity index (χ3v) is 5.68. The minimum Gasteiger partial charge on any atom is -0.481 e. The van der Waals surface area contributed by atoms with Crippen LogP contribution in [0, 0.1) is 5.92 Å². The minimum absolute atomic E-state index is 0.0673. The number of carbonyl (C=O) groups is 2. The molecule has 1 saturated carbocycles. The highest BCUT2D eigenvalue weighted by molar-refractivity contribution is 5.72. The van der Waals surface area contributed by atoms with Crippen LogP contribution < -0.4 is 0 Å². The maximum Gasteiger partial charge on any atom is 0.309 e. The third-order valence-electron chi connectivity index (χ3n) is 5.68. The zero-order valence-electron chi connectivity index (χ0n) is 16.8. The second kappa shape index (κ2) is 11.8. The third kappa shape index (κ3) is 8.42. The summed E-state index contributed by atoms with van der Waals surface area (Å²) in [7, 11) is 0. The zero-order valence-corrected chi connectivity index (χ0v) is 16.8. The lowest BCUT2D eigenvalue weighted by molar-refractivity contribution is -0.150. The Kier molecular flexibility index (Phi) is 9.48. The Balaban J connectivity index is 1.85. The van der Waals surface area contributed by atoms with E-state index >= 15 is 0 Å². The number of hydrogen-bond acceptors (Lipinski definition) is 4. The molecule has 0 aromatic heterocycles. The smallest absolute Gasteiger partial charge is 0.309 e. The van der Waals surface area contributed by atoms with Crippen LogP contribution in [0.5, 0.6) is 0 Å². The van der Waals surface area contributed by atoms with Crippen molar-refractivity contribution in [3.8, 4) is 0 Å². The van der Waals surface area contributed by atoms with Gasteiger partial charge in [0.2, 0.25) is 0 Å². The van der Waals surface area contributed by atoms with E-state index < -0.39 is 11.6 Å². The van der Waals surface area contributed by atoms with Gasteiger partial charge in [0.05, 0.1) is 17.9 Å². The molecule has 2 atom stereocenters. The van der Waals surface area contributed by atoms with E-state index in [1.165, 1.54) is 0 Å². The van der Waals surface area contributed by atoms with Crippen molar-refractivity contribution in [3.63, 3.8) is 0 Å². The summed E-state index contributed by atoms with van der Waals surface area (Å²) in [5.41, 5.74) is -0.0910. The summed E-state index contributed by atoms with van der Waals surface area (Å²) in [5, 5.41) is 19.7. The molecule has 5 heteroatoms. The summed E-state index contributed by atoms with van der Waals surface area (Å²) in [4.78, 5) is 23.6. The number of carbonyl (C=O) groups excluding carboxylic acids is 1. The molecule has 1 aliphatic rings. The number of rotatable bonds is 5. The summed E-state index contributed by atoms with van der Waals surface area (Å²) < 4.78 is 5.55. The van der Waals surface area contributed by atoms with Crippen LogP contribution in [0.2, 0.25) is 0 Å². The lowest BCUT2D eigenvalue weighted by Gasteiger charge is -2.26. The standard InChI is InChI=1S/C23H34O5/c24-21(25)17-23(27)15-9-2-1-7-13-20(14-8-4-10-16-23)22(26)28-18-19-11-5-3-6-12-19/h3,5-6,11-12,20,27H,1-2,4,7-10,13-18H2,(H,24,25). The van der Waals surface area contributed by atoms with Crippen LogP contribution >= 0.6 is 0 Å². The van der Waals surface area contributed by atoms with Gasteiger partial charge in [0, 0.05) is 0 Å². The molecule has 0 amide bonds. The molecule has 0 heterocycles. The molecule has 0 bridgehead atoms. The number of aliphatic carboxylic acids is 1. The lowest BCUT2D eigenvalue weighted by Crippen LogP contribution is -2.31. The maximum atomic E-state index is 12.6. The Morgan fingerprint density at radius 2 is 1.50 bits per heavy atom. The highest BCUT2D eigenvalue weighted by Crippen LogP contribution is 2.28. The monoisotopic (exact) mass is 390 g/mol. The molecule has 1 aromatic rings. The van der Waals surface area contributed by atoms with Gasteiger partial charge in [-0.05, 0) is 31.2 Å². The van der Waals surface area contributed by atoms with Gasteiger partial charge in [0.15, 0.2) is 0 Å². The molecule has 1 aliphatic carbocycles. The van der Waals surface area contributed by atoms with E-state index in [-0.39, 0.29) is 18.3 Å². The van der Waals surface area contributed by atoms with Crippen molar-refractivity contribution in [2.75, 3.05) is 0 Å². The Bertz CT molecular complexity index is 600. The van der Waals surface area contributed by atoms with E-state index in [1.807, 2.05) is 30.3 Å². The Morgan fingerprint density at radius 1 is 0.929 bits per heavy atom. The number of carboxylic acids is 1. The van der Waals surface area contributed by atoms with Gasteiger partial charge in [-0.3, -0.25) is 9.59 Å². The number of aliphatic hydroxyl groups is 1. The van der Waals surface area contributed by atoms with Crippen LogP contribution in [0.3, 0.4) is 0 Å². The molecule has 28 heavy (non-hydrogen) atoms. The highest BCUT2D eigenvalue weighted by Gasteiger charge is 2.29. The van der Waals surface area contributed by atoms with E-state index in [2.05, 4.69) is 0 Å². The van der Waals surface area contributed by atoms with Gasteiger partial charge in [0.1, 0.15) is 6.61 Å². The van der Waals surface area contributed by atoms with E-state index in [4.69, 9.17) is 9.84 Å². The molecule has 2 rings (SSSR count). The van der Waals surface area contributed by atoms with Crippen molar-refractivity contribution in [1.29, 1.82) is 0 Å². The molecule has 0 spiro atoms. The Labute approximate surface area is 168 Å². The van der Waals surface area contributed by atoms with Gasteiger partial charge in [-0.15, -0.1) is 0 Å². The highest BCUT2D eigenvalue weighted by atomic mass is 16.5. The quantitative estimate of drug-likeness (QED) is 0.702. The predicted octanol–water partition coefficient (Wildman–Crippen LogP) is 4.86. The summed E-state index contributed by atoms with van der Waals surface area (Å²) in [6, 6.07) is 9.73. The zero-order chi connectivity index (χ0) is 20.2. The molecule has 5 nitrogen and oxygen atoms in total. The van der Waals surface area contributed by atoms with Crippen molar-refractivity contribution in [2.45, 2.75) is 89.3 Å². The molecule has 0 saturated heterocycles. The largest absolute Gasteiger partial charge is 0.481 e. The topological polar surface area (TPSA) is 83.8 Å². The molecule has 1 fully saturated rings. The molecular weight excluding hydrogens is 356 g/mol. The minimum atomic E-state index is -1.09. The van der Waals surface area contributed by atoms with Crippen molar-refractivity contribution >= 4 is 11.9 Å². The number of benzene rings is 1. The summed E-state index contributed by atoms with van der Waals surface area (Å²) >= 11 is 0. The summed E-state index contributed by atoms with van der Waals surface area (Å²) in [6.07, 6.45) is 8.83. The van der Waals surface area contributed by atoms with Crippen molar-refractivity contribution < 1.29 is 24.5 Å². The molecule has 0 aliphatic heterocycles. The predicted molar refractivity (Wildman–Crippen MR) is 108 cm³/mol. The second-order valence-electron chi connectivity index (χ2n) is 8.14.